The number of anilines is 5. The molecule has 0 aliphatic rings. The van der Waals surface area contributed by atoms with E-state index < -0.39 is 35.5 Å². The molecule has 0 saturated heterocycles. The Balaban J connectivity index is 1.37. The summed E-state index contributed by atoms with van der Waals surface area (Å²) in [7, 11) is 1.84. The largest absolute Gasteiger partial charge is 0.416 e. The molecule has 0 aliphatic heterocycles. The Morgan fingerprint density at radius 1 is 0.824 bits per heavy atom. The van der Waals surface area contributed by atoms with Gasteiger partial charge in [-0.05, 0) is 99.9 Å². The first-order valence-corrected chi connectivity index (χ1v) is 15.8. The number of unbranched alkanes of at least 4 members (excludes halogenated alkanes) is 1. The number of rotatable bonds is 15. The van der Waals surface area contributed by atoms with Gasteiger partial charge in [-0.25, -0.2) is 9.97 Å². The molecule has 0 saturated carbocycles. The van der Waals surface area contributed by atoms with Gasteiger partial charge in [0.2, 0.25) is 17.8 Å². The third kappa shape index (κ3) is 11.2. The second kappa shape index (κ2) is 17.5. The molecule has 4 amide bonds. The Morgan fingerprint density at radius 2 is 1.51 bits per heavy atom. The highest BCUT2D eigenvalue weighted by atomic mass is 19.4. The van der Waals surface area contributed by atoms with Crippen LogP contribution in [-0.4, -0.2) is 53.2 Å². The number of hydrogen-bond donors (Lipinski definition) is 6. The summed E-state index contributed by atoms with van der Waals surface area (Å²) in [4.78, 5) is 59.2. The van der Waals surface area contributed by atoms with Crippen molar-refractivity contribution in [2.24, 2.45) is 0 Å². The van der Waals surface area contributed by atoms with Gasteiger partial charge in [0.1, 0.15) is 6.04 Å². The highest BCUT2D eigenvalue weighted by Crippen LogP contribution is 2.30. The summed E-state index contributed by atoms with van der Waals surface area (Å²) in [5.41, 5.74) is 1.17. The van der Waals surface area contributed by atoms with Crippen molar-refractivity contribution in [3.8, 4) is 0 Å². The van der Waals surface area contributed by atoms with Crippen molar-refractivity contribution in [1.82, 2.24) is 20.6 Å². The van der Waals surface area contributed by atoms with Gasteiger partial charge in [-0.2, -0.15) is 13.2 Å². The van der Waals surface area contributed by atoms with Crippen LogP contribution < -0.4 is 31.9 Å². The van der Waals surface area contributed by atoms with E-state index in [1.165, 1.54) is 30.6 Å². The maximum absolute atomic E-state index is 13.1. The van der Waals surface area contributed by atoms with Crippen molar-refractivity contribution in [1.29, 1.82) is 0 Å². The minimum atomic E-state index is -4.60. The molecule has 0 radical (unpaired) electrons. The van der Waals surface area contributed by atoms with Crippen LogP contribution in [0.5, 0.6) is 0 Å². The quantitative estimate of drug-likeness (QED) is 0.0644. The number of carbonyl (C=O) groups is 4. The topological polar surface area (TPSA) is 166 Å². The second-order valence-electron chi connectivity index (χ2n) is 11.4. The molecule has 0 spiro atoms. The van der Waals surface area contributed by atoms with Crippen LogP contribution in [0, 0.1) is 6.92 Å². The summed E-state index contributed by atoms with van der Waals surface area (Å²) in [6, 6.07) is 14.7. The van der Waals surface area contributed by atoms with Gasteiger partial charge in [0.25, 0.3) is 11.8 Å². The van der Waals surface area contributed by atoms with E-state index in [-0.39, 0.29) is 34.4 Å². The molecule has 266 valence electrons. The van der Waals surface area contributed by atoms with Gasteiger partial charge >= 0.3 is 6.18 Å². The average molecular weight is 703 g/mol. The van der Waals surface area contributed by atoms with Crippen LogP contribution in [0.1, 0.15) is 51.1 Å². The number of hydrogen-bond acceptors (Lipinski definition) is 8. The van der Waals surface area contributed by atoms with Crippen molar-refractivity contribution < 1.29 is 32.3 Å². The Morgan fingerprint density at radius 3 is 2.22 bits per heavy atom. The van der Waals surface area contributed by atoms with Crippen LogP contribution >= 0.6 is 0 Å². The molecule has 4 aromatic rings. The first-order valence-electron chi connectivity index (χ1n) is 15.8. The molecule has 6 N–H and O–H groups in total. The summed E-state index contributed by atoms with van der Waals surface area (Å²) in [6.07, 6.45) is 1.30. The van der Waals surface area contributed by atoms with Gasteiger partial charge in [0, 0.05) is 28.2 Å². The van der Waals surface area contributed by atoms with Crippen LogP contribution in [0.2, 0.25) is 0 Å². The zero-order valence-corrected chi connectivity index (χ0v) is 27.9. The first-order chi connectivity index (χ1) is 24.4. The number of nitrogens with zero attached hydrogens (tertiary/aromatic N) is 2. The Kier molecular flexibility index (Phi) is 13.0. The number of nitrogens with one attached hydrogen (secondary N) is 6. The summed E-state index contributed by atoms with van der Waals surface area (Å²) < 4.78 is 39.3. The van der Waals surface area contributed by atoms with E-state index in [0.717, 1.165) is 43.7 Å². The number of aromatic nitrogens is 2. The highest BCUT2D eigenvalue weighted by molar-refractivity contribution is 6.08. The van der Waals surface area contributed by atoms with Crippen LogP contribution in [0.4, 0.5) is 41.9 Å². The van der Waals surface area contributed by atoms with Crippen LogP contribution in [0.15, 0.2) is 91.8 Å². The van der Waals surface area contributed by atoms with Crippen molar-refractivity contribution in [3.63, 3.8) is 0 Å². The molecule has 0 fully saturated rings. The lowest BCUT2D eigenvalue weighted by Crippen LogP contribution is -2.43. The van der Waals surface area contributed by atoms with Crippen molar-refractivity contribution in [3.05, 3.63) is 114 Å². The van der Waals surface area contributed by atoms with Gasteiger partial charge in [-0.3, -0.25) is 19.2 Å². The maximum Gasteiger partial charge on any atom is 0.416 e. The summed E-state index contributed by atoms with van der Waals surface area (Å²) in [5, 5.41) is 16.8. The second-order valence-corrected chi connectivity index (χ2v) is 11.4. The molecule has 1 atom stereocenters. The van der Waals surface area contributed by atoms with E-state index in [9.17, 15) is 32.3 Å². The lowest BCUT2D eigenvalue weighted by atomic mass is 10.1. The molecule has 1 unspecified atom stereocenters. The zero-order valence-electron chi connectivity index (χ0n) is 27.9. The molecular formula is C36H37F3N8O4. The van der Waals surface area contributed by atoms with Gasteiger partial charge in [-0.1, -0.05) is 24.8 Å². The van der Waals surface area contributed by atoms with Gasteiger partial charge < -0.3 is 31.9 Å². The molecule has 12 nitrogen and oxygen atoms in total. The summed E-state index contributed by atoms with van der Waals surface area (Å²) in [6.45, 7) is 5.93. The SMILES string of the molecule is C=CC(=O)NC(CCCCNC)C(=O)Nc1cccc(Nc2ncc(NC(=O)c3cc(NC(=O)c4cccc(C(F)(F)F)c4)ccc3C)cn2)c1. The molecule has 3 aromatic carbocycles. The molecule has 51 heavy (non-hydrogen) atoms. The molecule has 1 aromatic heterocycles. The Hall–Kier alpha value is -6.09. The van der Waals surface area contributed by atoms with E-state index in [1.807, 2.05) is 7.05 Å². The van der Waals surface area contributed by atoms with E-state index >= 15 is 0 Å². The minimum Gasteiger partial charge on any atom is -0.341 e. The van der Waals surface area contributed by atoms with Crippen LogP contribution in [0.3, 0.4) is 0 Å². The fourth-order valence-corrected chi connectivity index (χ4v) is 4.82. The van der Waals surface area contributed by atoms with E-state index in [4.69, 9.17) is 0 Å². The maximum atomic E-state index is 13.1. The molecule has 4 rings (SSSR count). The Bertz CT molecular complexity index is 1880. The lowest BCUT2D eigenvalue weighted by Gasteiger charge is -2.18. The van der Waals surface area contributed by atoms with Crippen molar-refractivity contribution >= 4 is 52.3 Å². The molecule has 0 aliphatic carbocycles. The highest BCUT2D eigenvalue weighted by Gasteiger charge is 2.31. The van der Waals surface area contributed by atoms with Crippen molar-refractivity contribution in [2.75, 3.05) is 34.9 Å². The van der Waals surface area contributed by atoms with Crippen LogP contribution in [0.25, 0.3) is 0 Å². The molecule has 15 heteroatoms. The molecule has 1 heterocycles. The number of aryl methyl sites for hydroxylation is 1. The number of benzene rings is 3. The fraction of sp³-hybridized carbons (Fsp3) is 0.222. The standard InChI is InChI=1S/C36H37F3N8O4/c1-4-31(48)47-30(13-5-6-16-40-3)34(51)44-25-11-8-12-26(18-25)46-35-41-20-28(21-42-35)45-33(50)29-19-27(15-14-22(29)2)43-32(49)23-9-7-10-24(17-23)36(37,38)39/h4,7-12,14-15,17-21,30,40H,1,5-6,13,16H2,2-3H3,(H,43,49)(H,44,51)(H,45,50)(H,47,48)(H,41,42,46). The summed E-state index contributed by atoms with van der Waals surface area (Å²) >= 11 is 0. The normalized spacial score (nSPS) is 11.5. The van der Waals surface area contributed by atoms with Gasteiger partial charge in [0.15, 0.2) is 0 Å². The average Bonchev–Trinajstić information content (AvgIpc) is 3.10. The predicted octanol–water partition coefficient (Wildman–Crippen LogP) is 6.05. The van der Waals surface area contributed by atoms with E-state index in [1.54, 1.807) is 37.3 Å². The third-order valence-electron chi connectivity index (χ3n) is 7.48. The number of carbonyl (C=O) groups excluding carboxylic acids is 4. The molecule has 0 bridgehead atoms. The zero-order chi connectivity index (χ0) is 37.0. The van der Waals surface area contributed by atoms with Crippen molar-refractivity contribution in [2.45, 2.75) is 38.4 Å². The smallest absolute Gasteiger partial charge is 0.341 e. The minimum absolute atomic E-state index is 0.187. The lowest BCUT2D eigenvalue weighted by molar-refractivity contribution is -0.137. The molecular weight excluding hydrogens is 665 g/mol. The third-order valence-corrected chi connectivity index (χ3v) is 7.48. The Labute approximate surface area is 292 Å². The van der Waals surface area contributed by atoms with Crippen LogP contribution in [-0.2, 0) is 15.8 Å². The fourth-order valence-electron chi connectivity index (χ4n) is 4.82. The number of alkyl halides is 3. The van der Waals surface area contributed by atoms with E-state index in [2.05, 4.69) is 48.4 Å². The monoisotopic (exact) mass is 702 g/mol. The van der Waals surface area contributed by atoms with E-state index in [0.29, 0.717) is 23.4 Å². The predicted molar refractivity (Wildman–Crippen MR) is 189 cm³/mol. The number of halogens is 3. The van der Waals surface area contributed by atoms with Gasteiger partial charge in [0.05, 0.1) is 23.6 Å². The van der Waals surface area contributed by atoms with Gasteiger partial charge in [-0.15, -0.1) is 0 Å². The summed E-state index contributed by atoms with van der Waals surface area (Å²) in [5.74, 6) is -1.91. The number of amides is 4. The first kappa shape index (κ1) is 37.7.